The van der Waals surface area contributed by atoms with Crippen LogP contribution in [0.3, 0.4) is 0 Å². The molecule has 1 unspecified atom stereocenters. The Morgan fingerprint density at radius 1 is 1.77 bits per heavy atom. The molecular weight excluding hydrogens is 172 g/mol. The van der Waals surface area contributed by atoms with Gasteiger partial charge in [-0.25, -0.2) is 0 Å². The number of hydrogen-bond donors (Lipinski definition) is 3. The number of amides is 2. The van der Waals surface area contributed by atoms with Crippen LogP contribution in [0.4, 0.5) is 0 Å². The summed E-state index contributed by atoms with van der Waals surface area (Å²) >= 11 is 0. The first-order valence-electron chi connectivity index (χ1n) is 4.34. The van der Waals surface area contributed by atoms with Gasteiger partial charge in [-0.1, -0.05) is 0 Å². The van der Waals surface area contributed by atoms with E-state index >= 15 is 0 Å². The molecule has 1 fully saturated rings. The number of hydrogen-bond acceptors (Lipinski definition) is 3. The van der Waals surface area contributed by atoms with Gasteiger partial charge in [0, 0.05) is 19.0 Å². The lowest BCUT2D eigenvalue weighted by molar-refractivity contribution is -0.130. The number of aliphatic hydroxyl groups excluding tert-OH is 1. The molecule has 1 aliphatic rings. The quantitative estimate of drug-likeness (QED) is 0.505. The summed E-state index contributed by atoms with van der Waals surface area (Å²) in [5.74, 6) is -0.372. The molecule has 2 amide bonds. The Labute approximate surface area is 76.5 Å². The van der Waals surface area contributed by atoms with Crippen molar-refractivity contribution >= 4 is 11.8 Å². The summed E-state index contributed by atoms with van der Waals surface area (Å²) in [4.78, 5) is 21.8. The lowest BCUT2D eigenvalue weighted by atomic mass is 10.1. The van der Waals surface area contributed by atoms with Crippen LogP contribution >= 0.6 is 0 Å². The Morgan fingerprint density at radius 2 is 2.46 bits per heavy atom. The van der Waals surface area contributed by atoms with Crippen LogP contribution in [0, 0.1) is 0 Å². The van der Waals surface area contributed by atoms with Crippen LogP contribution in [0.25, 0.3) is 0 Å². The monoisotopic (exact) mass is 186 g/mol. The molecule has 0 spiro atoms. The van der Waals surface area contributed by atoms with E-state index in [0.29, 0.717) is 19.4 Å². The van der Waals surface area contributed by atoms with E-state index in [1.54, 1.807) is 0 Å². The SMILES string of the molecule is C[C@H](O)C(=O)NC1CCC(=O)NC1. The molecule has 0 aromatic rings. The zero-order valence-corrected chi connectivity index (χ0v) is 7.54. The number of piperidine rings is 1. The fourth-order valence-corrected chi connectivity index (χ4v) is 1.18. The molecule has 1 saturated heterocycles. The van der Waals surface area contributed by atoms with E-state index in [4.69, 9.17) is 5.11 Å². The lowest BCUT2D eigenvalue weighted by Crippen LogP contribution is -2.49. The van der Waals surface area contributed by atoms with Gasteiger partial charge in [0.2, 0.25) is 11.8 Å². The van der Waals surface area contributed by atoms with E-state index < -0.39 is 6.10 Å². The van der Waals surface area contributed by atoms with Gasteiger partial charge in [-0.15, -0.1) is 0 Å². The molecule has 1 heterocycles. The number of nitrogens with one attached hydrogen (secondary N) is 2. The van der Waals surface area contributed by atoms with Crippen LogP contribution in [0.5, 0.6) is 0 Å². The molecule has 1 rings (SSSR count). The van der Waals surface area contributed by atoms with Crippen molar-refractivity contribution in [2.24, 2.45) is 0 Å². The minimum absolute atomic E-state index is 0.0162. The second-order valence-electron chi connectivity index (χ2n) is 3.22. The number of carbonyl (C=O) groups is 2. The maximum absolute atomic E-state index is 11.0. The molecule has 0 aliphatic carbocycles. The summed E-state index contributed by atoms with van der Waals surface area (Å²) in [5, 5.41) is 14.2. The molecule has 5 heteroatoms. The smallest absolute Gasteiger partial charge is 0.248 e. The van der Waals surface area contributed by atoms with Gasteiger partial charge >= 0.3 is 0 Å². The summed E-state index contributed by atoms with van der Waals surface area (Å²) in [7, 11) is 0. The predicted octanol–water partition coefficient (Wildman–Crippen LogP) is -1.24. The molecule has 2 atom stereocenters. The molecule has 5 nitrogen and oxygen atoms in total. The summed E-state index contributed by atoms with van der Waals surface area (Å²) in [5.41, 5.74) is 0. The van der Waals surface area contributed by atoms with E-state index in [2.05, 4.69) is 10.6 Å². The number of rotatable bonds is 2. The van der Waals surface area contributed by atoms with Crippen LogP contribution in [-0.2, 0) is 9.59 Å². The molecule has 0 aromatic carbocycles. The molecule has 0 aromatic heterocycles. The fourth-order valence-electron chi connectivity index (χ4n) is 1.18. The maximum atomic E-state index is 11.0. The molecule has 3 N–H and O–H groups in total. The highest BCUT2D eigenvalue weighted by Gasteiger charge is 2.20. The highest BCUT2D eigenvalue weighted by molar-refractivity contribution is 5.81. The molecule has 0 radical (unpaired) electrons. The van der Waals surface area contributed by atoms with Crippen molar-refractivity contribution in [3.05, 3.63) is 0 Å². The first kappa shape index (κ1) is 9.98. The predicted molar refractivity (Wildman–Crippen MR) is 45.9 cm³/mol. The zero-order chi connectivity index (χ0) is 9.84. The van der Waals surface area contributed by atoms with E-state index in [-0.39, 0.29) is 17.9 Å². The van der Waals surface area contributed by atoms with Crippen molar-refractivity contribution in [1.29, 1.82) is 0 Å². The lowest BCUT2D eigenvalue weighted by Gasteiger charge is -2.23. The highest BCUT2D eigenvalue weighted by atomic mass is 16.3. The molecule has 74 valence electrons. The van der Waals surface area contributed by atoms with Crippen molar-refractivity contribution in [2.75, 3.05) is 6.54 Å². The third-order valence-corrected chi connectivity index (χ3v) is 1.99. The number of carbonyl (C=O) groups excluding carboxylic acids is 2. The summed E-state index contributed by atoms with van der Waals surface area (Å²) in [6.45, 7) is 1.87. The average Bonchev–Trinajstić information content (AvgIpc) is 2.08. The Kier molecular flexibility index (Phi) is 3.25. The zero-order valence-electron chi connectivity index (χ0n) is 7.54. The van der Waals surface area contributed by atoms with Gasteiger partial charge in [0.25, 0.3) is 0 Å². The van der Waals surface area contributed by atoms with Gasteiger partial charge in [-0.05, 0) is 13.3 Å². The van der Waals surface area contributed by atoms with Crippen LogP contribution in [-0.4, -0.2) is 35.6 Å². The van der Waals surface area contributed by atoms with Crippen LogP contribution in [0.15, 0.2) is 0 Å². The van der Waals surface area contributed by atoms with Crippen molar-refractivity contribution in [2.45, 2.75) is 31.9 Å². The van der Waals surface area contributed by atoms with E-state index in [1.807, 2.05) is 0 Å². The van der Waals surface area contributed by atoms with Crippen LogP contribution in [0.1, 0.15) is 19.8 Å². The Bertz CT molecular complexity index is 205. The summed E-state index contributed by atoms with van der Waals surface area (Å²) < 4.78 is 0. The second-order valence-corrected chi connectivity index (χ2v) is 3.22. The van der Waals surface area contributed by atoms with Crippen molar-refractivity contribution in [3.8, 4) is 0 Å². The topological polar surface area (TPSA) is 78.4 Å². The molecular formula is C8H14N2O3. The maximum Gasteiger partial charge on any atom is 0.248 e. The fraction of sp³-hybridized carbons (Fsp3) is 0.750. The van der Waals surface area contributed by atoms with E-state index in [1.165, 1.54) is 6.92 Å². The minimum Gasteiger partial charge on any atom is -0.384 e. The summed E-state index contributed by atoms with van der Waals surface area (Å²) in [6, 6.07) is -0.0419. The molecule has 1 aliphatic heterocycles. The number of aliphatic hydroxyl groups is 1. The van der Waals surface area contributed by atoms with Crippen molar-refractivity contribution < 1.29 is 14.7 Å². The van der Waals surface area contributed by atoms with E-state index in [0.717, 1.165) is 0 Å². The largest absolute Gasteiger partial charge is 0.384 e. The van der Waals surface area contributed by atoms with Crippen LogP contribution in [0.2, 0.25) is 0 Å². The van der Waals surface area contributed by atoms with Crippen molar-refractivity contribution in [1.82, 2.24) is 10.6 Å². The van der Waals surface area contributed by atoms with Gasteiger partial charge in [0.1, 0.15) is 6.10 Å². The Balaban J connectivity index is 2.30. The van der Waals surface area contributed by atoms with Gasteiger partial charge in [0.05, 0.1) is 0 Å². The average molecular weight is 186 g/mol. The molecule has 0 saturated carbocycles. The Morgan fingerprint density at radius 3 is 2.92 bits per heavy atom. The first-order valence-corrected chi connectivity index (χ1v) is 4.34. The van der Waals surface area contributed by atoms with Gasteiger partial charge < -0.3 is 15.7 Å². The molecule has 13 heavy (non-hydrogen) atoms. The van der Waals surface area contributed by atoms with E-state index in [9.17, 15) is 9.59 Å². The third-order valence-electron chi connectivity index (χ3n) is 1.99. The standard InChI is InChI=1S/C8H14N2O3/c1-5(11)8(13)10-6-2-3-7(12)9-4-6/h5-6,11H,2-4H2,1H3,(H,9,12)(H,10,13)/t5-,6?/m0/s1. The van der Waals surface area contributed by atoms with Gasteiger partial charge in [-0.3, -0.25) is 9.59 Å². The normalized spacial score (nSPS) is 24.8. The minimum atomic E-state index is -0.988. The third kappa shape index (κ3) is 3.02. The Hall–Kier alpha value is -1.10. The van der Waals surface area contributed by atoms with Gasteiger partial charge in [-0.2, -0.15) is 0 Å². The van der Waals surface area contributed by atoms with Crippen LogP contribution < -0.4 is 10.6 Å². The molecule has 0 bridgehead atoms. The van der Waals surface area contributed by atoms with Crippen molar-refractivity contribution in [3.63, 3.8) is 0 Å². The summed E-state index contributed by atoms with van der Waals surface area (Å²) in [6.07, 6.45) is 0.0901. The highest BCUT2D eigenvalue weighted by Crippen LogP contribution is 2.02. The van der Waals surface area contributed by atoms with Gasteiger partial charge in [0.15, 0.2) is 0 Å². The first-order chi connectivity index (χ1) is 6.09. The second kappa shape index (κ2) is 4.23.